The Kier molecular flexibility index (Phi) is 6.67. The first-order valence-corrected chi connectivity index (χ1v) is 9.25. The van der Waals surface area contributed by atoms with E-state index in [1.165, 1.54) is 6.07 Å². The van der Waals surface area contributed by atoms with Crippen LogP contribution in [0.15, 0.2) is 46.9 Å². The minimum atomic E-state index is -0.554. The van der Waals surface area contributed by atoms with Gasteiger partial charge < -0.3 is 14.5 Å². The Hall–Kier alpha value is -3.29. The molecule has 0 saturated heterocycles. The molecule has 8 nitrogen and oxygen atoms in total. The fourth-order valence-corrected chi connectivity index (χ4v) is 2.45. The normalized spacial score (nSPS) is 12.9. The number of rotatable bonds is 9. The molecule has 3 rings (SSSR count). The predicted molar refractivity (Wildman–Crippen MR) is 100 cm³/mol. The van der Waals surface area contributed by atoms with E-state index < -0.39 is 5.91 Å². The van der Waals surface area contributed by atoms with Crippen molar-refractivity contribution in [3.63, 3.8) is 0 Å². The molecule has 1 fully saturated rings. The molecule has 28 heavy (non-hydrogen) atoms. The molecule has 0 aliphatic heterocycles. The third-order valence-corrected chi connectivity index (χ3v) is 4.15. The molecule has 0 radical (unpaired) electrons. The van der Waals surface area contributed by atoms with E-state index in [0.29, 0.717) is 24.5 Å². The van der Waals surface area contributed by atoms with Crippen molar-refractivity contribution in [3.05, 3.63) is 54.0 Å². The van der Waals surface area contributed by atoms with Gasteiger partial charge in [-0.2, -0.15) is 0 Å². The molecule has 3 amide bonds. The third kappa shape index (κ3) is 6.15. The maximum absolute atomic E-state index is 12.0. The Balaban J connectivity index is 1.32. The fraction of sp³-hybridized carbons (Fsp3) is 0.350. The lowest BCUT2D eigenvalue weighted by molar-refractivity contribution is -0.123. The summed E-state index contributed by atoms with van der Waals surface area (Å²) in [6, 6.07) is 12.4. The van der Waals surface area contributed by atoms with E-state index >= 15 is 0 Å². The zero-order valence-electron chi connectivity index (χ0n) is 15.4. The van der Waals surface area contributed by atoms with Crippen LogP contribution in [0.25, 0.3) is 0 Å². The van der Waals surface area contributed by atoms with E-state index in [2.05, 4.69) is 16.2 Å². The molecule has 1 aliphatic carbocycles. The van der Waals surface area contributed by atoms with Crippen molar-refractivity contribution < 1.29 is 23.5 Å². The largest absolute Gasteiger partial charge is 0.486 e. The Morgan fingerprint density at radius 3 is 2.57 bits per heavy atom. The van der Waals surface area contributed by atoms with E-state index in [-0.39, 0.29) is 36.5 Å². The number of carbonyl (C=O) groups is 3. The first-order chi connectivity index (χ1) is 13.6. The Bertz CT molecular complexity index is 814. The number of benzene rings is 1. The average Bonchev–Trinajstić information content (AvgIpc) is 3.46. The summed E-state index contributed by atoms with van der Waals surface area (Å²) in [7, 11) is 0. The minimum absolute atomic E-state index is 0.0542. The van der Waals surface area contributed by atoms with Gasteiger partial charge in [-0.25, -0.2) is 0 Å². The van der Waals surface area contributed by atoms with Crippen LogP contribution < -0.4 is 20.9 Å². The molecule has 0 spiro atoms. The molecule has 8 heteroatoms. The smallest absolute Gasteiger partial charge is 0.305 e. The molecular formula is C20H23N3O5. The van der Waals surface area contributed by atoms with Gasteiger partial charge in [0.15, 0.2) is 5.76 Å². The van der Waals surface area contributed by atoms with E-state index in [1.54, 1.807) is 6.07 Å². The fourth-order valence-electron chi connectivity index (χ4n) is 2.45. The molecule has 0 unspecified atom stereocenters. The predicted octanol–water partition coefficient (Wildman–Crippen LogP) is 1.93. The number of hydrazine groups is 1. The molecular weight excluding hydrogens is 362 g/mol. The van der Waals surface area contributed by atoms with Crippen LogP contribution in [0.5, 0.6) is 5.75 Å². The van der Waals surface area contributed by atoms with Crippen LogP contribution in [0.4, 0.5) is 0 Å². The molecule has 3 N–H and O–H groups in total. The van der Waals surface area contributed by atoms with E-state index in [9.17, 15) is 14.4 Å². The van der Waals surface area contributed by atoms with Gasteiger partial charge in [-0.3, -0.25) is 25.2 Å². The number of carbonyl (C=O) groups excluding carboxylic acids is 3. The number of hydrogen-bond acceptors (Lipinski definition) is 5. The first-order valence-electron chi connectivity index (χ1n) is 9.25. The summed E-state index contributed by atoms with van der Waals surface area (Å²) in [6.07, 6.45) is 2.60. The zero-order chi connectivity index (χ0) is 19.8. The number of ether oxygens (including phenoxy) is 1. The molecule has 1 aromatic carbocycles. The van der Waals surface area contributed by atoms with Gasteiger partial charge in [0.25, 0.3) is 0 Å². The van der Waals surface area contributed by atoms with Gasteiger partial charge in [-0.1, -0.05) is 18.2 Å². The van der Waals surface area contributed by atoms with Gasteiger partial charge in [-0.05, 0) is 43.5 Å². The number of nitrogens with one attached hydrogen (secondary N) is 3. The zero-order valence-corrected chi connectivity index (χ0v) is 15.4. The van der Waals surface area contributed by atoms with Crippen molar-refractivity contribution in [2.75, 3.05) is 6.54 Å². The van der Waals surface area contributed by atoms with Crippen molar-refractivity contribution in [2.24, 2.45) is 5.92 Å². The van der Waals surface area contributed by atoms with Crippen molar-refractivity contribution in [3.8, 4) is 5.75 Å². The van der Waals surface area contributed by atoms with Crippen molar-refractivity contribution >= 4 is 17.7 Å². The molecule has 0 atom stereocenters. The summed E-state index contributed by atoms with van der Waals surface area (Å²) in [5, 5.41) is 2.78. The number of amides is 3. The average molecular weight is 385 g/mol. The van der Waals surface area contributed by atoms with Crippen LogP contribution in [-0.4, -0.2) is 24.3 Å². The minimum Gasteiger partial charge on any atom is -0.486 e. The highest BCUT2D eigenvalue weighted by atomic mass is 16.5. The second-order valence-electron chi connectivity index (χ2n) is 6.54. The highest BCUT2D eigenvalue weighted by Crippen LogP contribution is 2.28. The SMILES string of the molecule is O=C(CCCNC(=O)C1CC1)NNC(=O)c1ccc(COc2ccccc2)o1. The summed E-state index contributed by atoms with van der Waals surface area (Å²) in [4.78, 5) is 35.2. The lowest BCUT2D eigenvalue weighted by atomic mass is 10.3. The van der Waals surface area contributed by atoms with E-state index in [1.807, 2.05) is 30.3 Å². The van der Waals surface area contributed by atoms with E-state index in [0.717, 1.165) is 12.8 Å². The quantitative estimate of drug-likeness (QED) is 0.451. The summed E-state index contributed by atoms with van der Waals surface area (Å²) in [6.45, 7) is 0.635. The second kappa shape index (κ2) is 9.59. The lowest BCUT2D eigenvalue weighted by Crippen LogP contribution is -2.41. The van der Waals surface area contributed by atoms with Crippen molar-refractivity contribution in [1.29, 1.82) is 0 Å². The number of hydrogen-bond donors (Lipinski definition) is 3. The highest BCUT2D eigenvalue weighted by molar-refractivity contribution is 5.92. The lowest BCUT2D eigenvalue weighted by Gasteiger charge is -2.07. The molecule has 1 heterocycles. The van der Waals surface area contributed by atoms with Crippen LogP contribution in [-0.2, 0) is 16.2 Å². The van der Waals surface area contributed by atoms with Crippen molar-refractivity contribution in [1.82, 2.24) is 16.2 Å². The standard InChI is InChI=1S/C20H23N3O5/c24-18(7-4-12-21-19(25)14-8-9-14)22-23-20(26)17-11-10-16(28-17)13-27-15-5-2-1-3-6-15/h1-3,5-6,10-11,14H,4,7-9,12-13H2,(H,21,25)(H,22,24)(H,23,26). The maximum Gasteiger partial charge on any atom is 0.305 e. The summed E-state index contributed by atoms with van der Waals surface area (Å²) >= 11 is 0. The highest BCUT2D eigenvalue weighted by Gasteiger charge is 2.28. The molecule has 1 saturated carbocycles. The Morgan fingerprint density at radius 1 is 1.04 bits per heavy atom. The summed E-state index contributed by atoms with van der Waals surface area (Å²) < 4.78 is 11.0. The third-order valence-electron chi connectivity index (χ3n) is 4.15. The molecule has 0 bridgehead atoms. The summed E-state index contributed by atoms with van der Waals surface area (Å²) in [5.74, 6) is 0.582. The Labute approximate surface area is 162 Å². The van der Waals surface area contributed by atoms with E-state index in [4.69, 9.17) is 9.15 Å². The van der Waals surface area contributed by atoms with Crippen LogP contribution >= 0.6 is 0 Å². The monoisotopic (exact) mass is 385 g/mol. The van der Waals surface area contributed by atoms with Gasteiger partial charge in [0.2, 0.25) is 11.8 Å². The maximum atomic E-state index is 12.0. The van der Waals surface area contributed by atoms with Gasteiger partial charge in [-0.15, -0.1) is 0 Å². The number of para-hydroxylation sites is 1. The van der Waals surface area contributed by atoms with Gasteiger partial charge in [0, 0.05) is 18.9 Å². The van der Waals surface area contributed by atoms with Crippen molar-refractivity contribution in [2.45, 2.75) is 32.3 Å². The molecule has 2 aromatic rings. The van der Waals surface area contributed by atoms with Crippen LogP contribution in [0.2, 0.25) is 0 Å². The summed E-state index contributed by atoms with van der Waals surface area (Å²) in [5.41, 5.74) is 4.63. The number of furan rings is 1. The van der Waals surface area contributed by atoms with Crippen LogP contribution in [0.1, 0.15) is 42.0 Å². The molecule has 1 aromatic heterocycles. The Morgan fingerprint density at radius 2 is 1.82 bits per heavy atom. The molecule has 1 aliphatic rings. The van der Waals surface area contributed by atoms with Crippen LogP contribution in [0.3, 0.4) is 0 Å². The van der Waals surface area contributed by atoms with Gasteiger partial charge >= 0.3 is 5.91 Å². The van der Waals surface area contributed by atoms with Gasteiger partial charge in [0.05, 0.1) is 0 Å². The topological polar surface area (TPSA) is 110 Å². The first kappa shape index (κ1) is 19.5. The molecule has 148 valence electrons. The van der Waals surface area contributed by atoms with Crippen LogP contribution in [0, 0.1) is 5.92 Å². The van der Waals surface area contributed by atoms with Gasteiger partial charge in [0.1, 0.15) is 18.1 Å². The second-order valence-corrected chi connectivity index (χ2v) is 6.54.